The fraction of sp³-hybridized carbons (Fsp3) is 0.250. The molecule has 188 valence electrons. The first-order valence-corrected chi connectivity index (χ1v) is 12.7. The van der Waals surface area contributed by atoms with Crippen molar-refractivity contribution in [2.75, 3.05) is 49.2 Å². The highest BCUT2D eigenvalue weighted by atomic mass is 32.2. The maximum absolute atomic E-state index is 12.9. The number of piperazine rings is 1. The zero-order valence-electron chi connectivity index (χ0n) is 19.9. The van der Waals surface area contributed by atoms with Crippen molar-refractivity contribution in [3.63, 3.8) is 0 Å². The van der Waals surface area contributed by atoms with Crippen molar-refractivity contribution in [3.8, 4) is 11.3 Å². The van der Waals surface area contributed by atoms with Crippen LogP contribution in [0.4, 0.5) is 17.2 Å². The highest BCUT2D eigenvalue weighted by Gasteiger charge is 2.18. The highest BCUT2D eigenvalue weighted by Crippen LogP contribution is 2.24. The number of carbonyl (C=O) groups excluding carboxylic acids is 2. The quantitative estimate of drug-likeness (QED) is 0.450. The Morgan fingerprint density at radius 3 is 2.22 bits per heavy atom. The number of aromatic nitrogens is 2. The lowest BCUT2D eigenvalue weighted by atomic mass is 10.1. The van der Waals surface area contributed by atoms with Crippen LogP contribution in [0.2, 0.25) is 0 Å². The van der Waals surface area contributed by atoms with Crippen LogP contribution in [-0.2, 0) is 14.8 Å². The molecule has 12 heteroatoms. The van der Waals surface area contributed by atoms with Crippen LogP contribution >= 0.6 is 0 Å². The Hall–Kier alpha value is -4.03. The van der Waals surface area contributed by atoms with Gasteiger partial charge in [-0.2, -0.15) is 0 Å². The molecular formula is C24H27N7O4S. The number of hydrogen-bond acceptors (Lipinski definition) is 9. The molecule has 1 aliphatic rings. The molecule has 2 heterocycles. The predicted octanol–water partition coefficient (Wildman–Crippen LogP) is 1.55. The van der Waals surface area contributed by atoms with Gasteiger partial charge in [-0.1, -0.05) is 12.1 Å². The average Bonchev–Trinajstić information content (AvgIpc) is 2.84. The summed E-state index contributed by atoms with van der Waals surface area (Å²) in [5, 5.41) is 2.64. The van der Waals surface area contributed by atoms with E-state index in [9.17, 15) is 18.0 Å². The van der Waals surface area contributed by atoms with E-state index in [-0.39, 0.29) is 16.4 Å². The Balaban J connectivity index is 1.48. The van der Waals surface area contributed by atoms with Crippen molar-refractivity contribution >= 4 is 39.0 Å². The first-order valence-electron chi connectivity index (χ1n) is 11.2. The van der Waals surface area contributed by atoms with Crippen LogP contribution < -0.4 is 20.7 Å². The second-order valence-corrected chi connectivity index (χ2v) is 10.1. The molecule has 4 N–H and O–H groups in total. The van der Waals surface area contributed by atoms with Crippen molar-refractivity contribution < 1.29 is 18.0 Å². The molecular weight excluding hydrogens is 482 g/mol. The third kappa shape index (κ3) is 5.78. The molecule has 3 aromatic rings. The van der Waals surface area contributed by atoms with Crippen LogP contribution in [0.25, 0.3) is 11.3 Å². The lowest BCUT2D eigenvalue weighted by Gasteiger charge is -2.34. The molecule has 36 heavy (non-hydrogen) atoms. The molecule has 1 saturated heterocycles. The van der Waals surface area contributed by atoms with Gasteiger partial charge >= 0.3 is 0 Å². The molecule has 1 aliphatic heterocycles. The monoisotopic (exact) mass is 509 g/mol. The predicted molar refractivity (Wildman–Crippen MR) is 137 cm³/mol. The number of sulfonamides is 1. The molecule has 0 radical (unpaired) electrons. The second-order valence-electron chi connectivity index (χ2n) is 8.47. The maximum Gasteiger partial charge on any atom is 0.278 e. The lowest BCUT2D eigenvalue weighted by molar-refractivity contribution is -0.117. The SMILES string of the molecule is CC(=O)NS(=O)(=O)c1ccc(NC(=O)c2nc(-c3ccc(N4CCN(C)CC4)cc3)cnc2N)cc1. The van der Waals surface area contributed by atoms with Crippen LogP contribution in [0.5, 0.6) is 0 Å². The van der Waals surface area contributed by atoms with E-state index in [1.54, 1.807) is 0 Å². The van der Waals surface area contributed by atoms with Crippen LogP contribution in [0, 0.1) is 0 Å². The average molecular weight is 510 g/mol. The minimum atomic E-state index is -3.97. The fourth-order valence-corrected chi connectivity index (χ4v) is 4.76. The highest BCUT2D eigenvalue weighted by molar-refractivity contribution is 7.90. The molecule has 11 nitrogen and oxygen atoms in total. The van der Waals surface area contributed by atoms with Gasteiger partial charge in [0.2, 0.25) is 5.91 Å². The summed E-state index contributed by atoms with van der Waals surface area (Å²) in [6.45, 7) is 5.05. The van der Waals surface area contributed by atoms with Gasteiger partial charge in [0.25, 0.3) is 15.9 Å². The number of rotatable bonds is 6. The number of amides is 2. The molecule has 2 aromatic carbocycles. The van der Waals surface area contributed by atoms with Gasteiger partial charge in [-0.25, -0.2) is 23.1 Å². The minimum Gasteiger partial charge on any atom is -0.382 e. The number of nitrogens with zero attached hydrogens (tertiary/aromatic N) is 4. The van der Waals surface area contributed by atoms with Gasteiger partial charge < -0.3 is 20.9 Å². The first kappa shape index (κ1) is 25.1. The van der Waals surface area contributed by atoms with Gasteiger partial charge in [0.1, 0.15) is 0 Å². The molecule has 0 spiro atoms. The Morgan fingerprint density at radius 2 is 1.61 bits per heavy atom. The van der Waals surface area contributed by atoms with E-state index in [0.29, 0.717) is 11.4 Å². The largest absolute Gasteiger partial charge is 0.382 e. The summed E-state index contributed by atoms with van der Waals surface area (Å²) >= 11 is 0. The number of nitrogen functional groups attached to an aromatic ring is 1. The molecule has 0 saturated carbocycles. The van der Waals surface area contributed by atoms with E-state index in [2.05, 4.69) is 32.1 Å². The van der Waals surface area contributed by atoms with Crippen LogP contribution in [0.1, 0.15) is 17.4 Å². The van der Waals surface area contributed by atoms with Gasteiger partial charge in [-0.3, -0.25) is 9.59 Å². The summed E-state index contributed by atoms with van der Waals surface area (Å²) in [5.41, 5.74) is 8.60. The van der Waals surface area contributed by atoms with Crippen LogP contribution in [-0.4, -0.2) is 68.3 Å². The first-order chi connectivity index (χ1) is 17.1. The number of anilines is 3. The van der Waals surface area contributed by atoms with Crippen molar-refractivity contribution in [2.24, 2.45) is 0 Å². The van der Waals surface area contributed by atoms with E-state index in [0.717, 1.165) is 44.4 Å². The maximum atomic E-state index is 12.9. The normalized spacial score (nSPS) is 14.3. The van der Waals surface area contributed by atoms with E-state index in [4.69, 9.17) is 5.73 Å². The molecule has 1 aromatic heterocycles. The Kier molecular flexibility index (Phi) is 7.17. The molecule has 0 bridgehead atoms. The number of likely N-dealkylation sites (N-methyl/N-ethyl adjacent to an activating group) is 1. The van der Waals surface area contributed by atoms with E-state index >= 15 is 0 Å². The van der Waals surface area contributed by atoms with Crippen molar-refractivity contribution in [2.45, 2.75) is 11.8 Å². The molecule has 2 amide bonds. The number of hydrogen-bond donors (Lipinski definition) is 3. The summed E-state index contributed by atoms with van der Waals surface area (Å²) in [7, 11) is -1.86. The number of nitrogens with two attached hydrogens (primary N) is 1. The van der Waals surface area contributed by atoms with Crippen molar-refractivity contribution in [1.82, 2.24) is 19.6 Å². The zero-order valence-corrected chi connectivity index (χ0v) is 20.7. The molecule has 0 atom stereocenters. The summed E-state index contributed by atoms with van der Waals surface area (Å²) in [6.07, 6.45) is 1.51. The van der Waals surface area contributed by atoms with E-state index in [1.807, 2.05) is 29.0 Å². The van der Waals surface area contributed by atoms with Crippen LogP contribution in [0.15, 0.2) is 59.6 Å². The molecule has 0 unspecified atom stereocenters. The topological polar surface area (TPSA) is 151 Å². The van der Waals surface area contributed by atoms with Crippen molar-refractivity contribution in [1.29, 1.82) is 0 Å². The van der Waals surface area contributed by atoms with E-state index < -0.39 is 21.8 Å². The van der Waals surface area contributed by atoms with Crippen LogP contribution in [0.3, 0.4) is 0 Å². The summed E-state index contributed by atoms with van der Waals surface area (Å²) in [5.74, 6) is -1.32. The molecule has 4 rings (SSSR count). The van der Waals surface area contributed by atoms with Gasteiger partial charge in [0.15, 0.2) is 11.5 Å². The molecule has 1 fully saturated rings. The smallest absolute Gasteiger partial charge is 0.278 e. The van der Waals surface area contributed by atoms with Gasteiger partial charge in [-0.05, 0) is 43.4 Å². The number of nitrogens with one attached hydrogen (secondary N) is 2. The van der Waals surface area contributed by atoms with Crippen molar-refractivity contribution in [3.05, 3.63) is 60.4 Å². The lowest BCUT2D eigenvalue weighted by Crippen LogP contribution is -2.44. The summed E-state index contributed by atoms with van der Waals surface area (Å²) in [6, 6.07) is 13.3. The Bertz CT molecular complexity index is 1370. The van der Waals surface area contributed by atoms with E-state index in [1.165, 1.54) is 30.5 Å². The Morgan fingerprint density at radius 1 is 0.972 bits per heavy atom. The van der Waals surface area contributed by atoms with Gasteiger partial charge in [0, 0.05) is 50.0 Å². The third-order valence-electron chi connectivity index (χ3n) is 5.75. The van der Waals surface area contributed by atoms with Gasteiger partial charge in [0.05, 0.1) is 16.8 Å². The molecule has 0 aliphatic carbocycles. The third-order valence-corrected chi connectivity index (χ3v) is 7.20. The zero-order chi connectivity index (χ0) is 25.9. The number of benzene rings is 2. The fourth-order valence-electron chi connectivity index (χ4n) is 3.77. The second kappa shape index (κ2) is 10.3. The minimum absolute atomic E-state index is 0.0323. The Labute approximate surface area is 209 Å². The standard InChI is InChI=1S/C24H27N7O4S/c1-16(32)29-36(34,35)20-9-5-18(6-10-20)27-24(33)22-23(25)26-15-21(28-22)17-3-7-19(8-4-17)31-13-11-30(2)12-14-31/h3-10,15H,11-14H2,1-2H3,(H2,25,26)(H,27,33)(H,29,32). The van der Waals surface area contributed by atoms with Gasteiger partial charge in [-0.15, -0.1) is 0 Å². The number of carbonyl (C=O) groups is 2. The summed E-state index contributed by atoms with van der Waals surface area (Å²) < 4.78 is 26.0. The summed E-state index contributed by atoms with van der Waals surface area (Å²) in [4.78, 5) is 37.0.